The van der Waals surface area contributed by atoms with E-state index in [1.54, 1.807) is 11.8 Å². The summed E-state index contributed by atoms with van der Waals surface area (Å²) in [5.74, 6) is 2.50. The quantitative estimate of drug-likeness (QED) is 0.806. The van der Waals surface area contributed by atoms with Gasteiger partial charge in [-0.2, -0.15) is 5.26 Å². The zero-order chi connectivity index (χ0) is 13.5. The van der Waals surface area contributed by atoms with Crippen LogP contribution in [0.5, 0.6) is 0 Å². The van der Waals surface area contributed by atoms with Gasteiger partial charge in [-0.25, -0.2) is 0 Å². The summed E-state index contributed by atoms with van der Waals surface area (Å²) < 4.78 is 2.33. The highest BCUT2D eigenvalue weighted by Gasteiger charge is 2.36. The molecule has 1 atom stereocenters. The van der Waals surface area contributed by atoms with E-state index in [-0.39, 0.29) is 0 Å². The zero-order valence-electron chi connectivity index (χ0n) is 11.4. The highest BCUT2D eigenvalue weighted by molar-refractivity contribution is 7.99. The first-order valence-corrected chi connectivity index (χ1v) is 7.83. The van der Waals surface area contributed by atoms with Crippen LogP contribution in [0.3, 0.4) is 0 Å². The van der Waals surface area contributed by atoms with Gasteiger partial charge in [-0.3, -0.25) is 0 Å². The lowest BCUT2D eigenvalue weighted by molar-refractivity contribution is 0.548. The van der Waals surface area contributed by atoms with Crippen molar-refractivity contribution in [2.75, 3.05) is 12.8 Å². The smallest absolute Gasteiger partial charge is 0.191 e. The highest BCUT2D eigenvalue weighted by Crippen LogP contribution is 2.46. The Hall–Kier alpha value is -1.06. The fourth-order valence-corrected chi connectivity index (χ4v) is 3.16. The molecule has 2 saturated carbocycles. The molecular formula is C13H19N5S. The van der Waals surface area contributed by atoms with Gasteiger partial charge in [0.15, 0.2) is 5.16 Å². The predicted molar refractivity (Wildman–Crippen MR) is 74.1 cm³/mol. The lowest BCUT2D eigenvalue weighted by Gasteiger charge is -2.19. The van der Waals surface area contributed by atoms with Gasteiger partial charge in [0.25, 0.3) is 0 Å². The predicted octanol–water partition coefficient (Wildman–Crippen LogP) is 2.08. The Kier molecular flexibility index (Phi) is 3.27. The Balaban J connectivity index is 1.76. The van der Waals surface area contributed by atoms with Crippen LogP contribution in [0.2, 0.25) is 0 Å². The summed E-state index contributed by atoms with van der Waals surface area (Å²) in [6.45, 7) is 1.92. The second kappa shape index (κ2) is 4.80. The van der Waals surface area contributed by atoms with Gasteiger partial charge in [0.2, 0.25) is 0 Å². The van der Waals surface area contributed by atoms with E-state index < -0.39 is 5.54 Å². The molecule has 2 aliphatic rings. The molecule has 0 aliphatic heterocycles. The van der Waals surface area contributed by atoms with Crippen LogP contribution in [0.1, 0.15) is 50.4 Å². The van der Waals surface area contributed by atoms with Crippen LogP contribution in [0.4, 0.5) is 0 Å². The van der Waals surface area contributed by atoms with Crippen molar-refractivity contribution in [1.82, 2.24) is 20.1 Å². The molecule has 6 heteroatoms. The van der Waals surface area contributed by atoms with Crippen LogP contribution >= 0.6 is 11.8 Å². The van der Waals surface area contributed by atoms with Gasteiger partial charge in [-0.1, -0.05) is 11.8 Å². The Morgan fingerprint density at radius 2 is 2.16 bits per heavy atom. The molecule has 0 bridgehead atoms. The highest BCUT2D eigenvalue weighted by atomic mass is 32.2. The van der Waals surface area contributed by atoms with E-state index in [9.17, 15) is 5.26 Å². The van der Waals surface area contributed by atoms with Crippen LogP contribution in [0.15, 0.2) is 5.16 Å². The maximum Gasteiger partial charge on any atom is 0.191 e. The third-order valence-corrected chi connectivity index (χ3v) is 5.09. The van der Waals surface area contributed by atoms with Crippen LogP contribution < -0.4 is 5.32 Å². The summed E-state index contributed by atoms with van der Waals surface area (Å²) in [6.07, 6.45) is 4.99. The third-order valence-electron chi connectivity index (χ3n) is 3.83. The molecule has 0 spiro atoms. The van der Waals surface area contributed by atoms with Crippen molar-refractivity contribution in [3.63, 3.8) is 0 Å². The average molecular weight is 277 g/mol. The minimum atomic E-state index is -0.509. The van der Waals surface area contributed by atoms with Gasteiger partial charge in [0.05, 0.1) is 6.07 Å². The number of nitriles is 1. The number of hydrogen-bond donors (Lipinski definition) is 1. The summed E-state index contributed by atoms with van der Waals surface area (Å²) in [4.78, 5) is 0. The minimum Gasteiger partial charge on any atom is -0.303 e. The second-order valence-corrected chi connectivity index (χ2v) is 6.64. The Morgan fingerprint density at radius 3 is 2.68 bits per heavy atom. The van der Waals surface area contributed by atoms with Crippen molar-refractivity contribution in [2.24, 2.45) is 0 Å². The first kappa shape index (κ1) is 12.9. The van der Waals surface area contributed by atoms with Gasteiger partial charge in [0, 0.05) is 17.7 Å². The molecule has 1 aromatic rings. The van der Waals surface area contributed by atoms with Crippen LogP contribution in [0.25, 0.3) is 0 Å². The van der Waals surface area contributed by atoms with Crippen LogP contribution in [-0.4, -0.2) is 33.1 Å². The molecule has 0 amide bonds. The SMILES string of the molecule is CNC(C)(C#N)CSc1nnc(C2CC2)n1C1CC1. The van der Waals surface area contributed by atoms with Gasteiger partial charge in [0.1, 0.15) is 11.4 Å². The molecule has 0 aromatic carbocycles. The number of thioether (sulfide) groups is 1. The van der Waals surface area contributed by atoms with Crippen LogP contribution in [0, 0.1) is 11.3 Å². The molecule has 19 heavy (non-hydrogen) atoms. The lowest BCUT2D eigenvalue weighted by atomic mass is 10.1. The fraction of sp³-hybridized carbons (Fsp3) is 0.769. The van der Waals surface area contributed by atoms with Crippen LogP contribution in [-0.2, 0) is 0 Å². The van der Waals surface area contributed by atoms with E-state index >= 15 is 0 Å². The Bertz CT molecular complexity index is 512. The van der Waals surface area contributed by atoms with Crippen molar-refractivity contribution in [2.45, 2.75) is 55.3 Å². The summed E-state index contributed by atoms with van der Waals surface area (Å²) in [5.41, 5.74) is -0.509. The maximum atomic E-state index is 9.19. The lowest BCUT2D eigenvalue weighted by Crippen LogP contribution is -2.40. The molecule has 1 N–H and O–H groups in total. The molecule has 1 unspecified atom stereocenters. The first-order chi connectivity index (χ1) is 9.17. The Labute approximate surface area is 117 Å². The van der Waals surface area contributed by atoms with Gasteiger partial charge in [-0.15, -0.1) is 10.2 Å². The first-order valence-electron chi connectivity index (χ1n) is 6.84. The molecular weight excluding hydrogens is 258 g/mol. The number of nitrogens with one attached hydrogen (secondary N) is 1. The summed E-state index contributed by atoms with van der Waals surface area (Å²) >= 11 is 1.64. The average Bonchev–Trinajstić information content (AvgIpc) is 3.34. The van der Waals surface area contributed by atoms with Gasteiger partial charge >= 0.3 is 0 Å². The minimum absolute atomic E-state index is 0.509. The van der Waals surface area contributed by atoms with E-state index in [1.165, 1.54) is 31.5 Å². The standard InChI is InChI=1S/C13H19N5S/c1-13(7-14,15-2)8-19-12-17-16-11(9-3-4-9)18(12)10-5-6-10/h9-10,15H,3-6,8H2,1-2H3. The second-order valence-electron chi connectivity index (χ2n) is 5.70. The summed E-state index contributed by atoms with van der Waals surface area (Å²) in [7, 11) is 1.82. The monoisotopic (exact) mass is 277 g/mol. The molecule has 0 saturated heterocycles. The number of aromatic nitrogens is 3. The summed E-state index contributed by atoms with van der Waals surface area (Å²) in [5, 5.41) is 22.0. The fourth-order valence-electron chi connectivity index (χ4n) is 2.05. The van der Waals surface area contributed by atoms with E-state index in [0.717, 1.165) is 5.16 Å². The van der Waals surface area contributed by atoms with Gasteiger partial charge in [-0.05, 0) is 39.7 Å². The molecule has 2 fully saturated rings. The molecule has 0 radical (unpaired) electrons. The molecule has 1 aromatic heterocycles. The van der Waals surface area contributed by atoms with Crippen molar-refractivity contribution in [3.05, 3.63) is 5.82 Å². The van der Waals surface area contributed by atoms with Gasteiger partial charge < -0.3 is 9.88 Å². The maximum absolute atomic E-state index is 9.19. The molecule has 3 rings (SSSR count). The van der Waals surface area contributed by atoms with Crippen molar-refractivity contribution in [3.8, 4) is 6.07 Å². The van der Waals surface area contributed by atoms with Crippen molar-refractivity contribution in [1.29, 1.82) is 5.26 Å². The number of hydrogen-bond acceptors (Lipinski definition) is 5. The molecule has 1 heterocycles. The number of rotatable bonds is 6. The normalized spacial score (nSPS) is 21.9. The van der Waals surface area contributed by atoms with E-state index in [4.69, 9.17) is 0 Å². The van der Waals surface area contributed by atoms with E-state index in [1.807, 2.05) is 14.0 Å². The summed E-state index contributed by atoms with van der Waals surface area (Å²) in [6, 6.07) is 2.92. The van der Waals surface area contributed by atoms with E-state index in [2.05, 4.69) is 26.2 Å². The Morgan fingerprint density at radius 1 is 1.42 bits per heavy atom. The molecule has 102 valence electrons. The zero-order valence-corrected chi connectivity index (χ0v) is 12.2. The third kappa shape index (κ3) is 2.63. The number of nitrogens with zero attached hydrogens (tertiary/aromatic N) is 4. The molecule has 2 aliphatic carbocycles. The largest absolute Gasteiger partial charge is 0.303 e. The topological polar surface area (TPSA) is 66.5 Å². The van der Waals surface area contributed by atoms with Crippen molar-refractivity contribution < 1.29 is 0 Å². The molecule has 5 nitrogen and oxygen atoms in total. The van der Waals surface area contributed by atoms with E-state index in [0.29, 0.717) is 17.7 Å². The van der Waals surface area contributed by atoms with Crippen molar-refractivity contribution >= 4 is 11.8 Å².